The Balaban J connectivity index is 1.55. The van der Waals surface area contributed by atoms with Crippen LogP contribution < -0.4 is 14.8 Å². The van der Waals surface area contributed by atoms with Gasteiger partial charge < -0.3 is 23.9 Å². The van der Waals surface area contributed by atoms with E-state index in [2.05, 4.69) is 10.3 Å². The highest BCUT2D eigenvalue weighted by molar-refractivity contribution is 6.31. The molecular formula is C20H19ClN2O6. The molecule has 29 heavy (non-hydrogen) atoms. The van der Waals surface area contributed by atoms with E-state index in [4.69, 9.17) is 30.2 Å². The lowest BCUT2D eigenvalue weighted by Gasteiger charge is -2.14. The second-order valence-corrected chi connectivity index (χ2v) is 6.38. The lowest BCUT2D eigenvalue weighted by Crippen LogP contribution is -2.39. The average molecular weight is 419 g/mol. The van der Waals surface area contributed by atoms with Crippen molar-refractivity contribution in [3.8, 4) is 17.6 Å². The molecule has 0 saturated carbocycles. The number of carbonyl (C=O) groups excluding carboxylic acids is 2. The van der Waals surface area contributed by atoms with Crippen molar-refractivity contribution in [3.63, 3.8) is 0 Å². The minimum absolute atomic E-state index is 0.0858. The summed E-state index contributed by atoms with van der Waals surface area (Å²) in [6.45, 7) is 3.32. The Morgan fingerprint density at radius 3 is 2.62 bits per heavy atom. The highest BCUT2D eigenvalue weighted by atomic mass is 35.5. The van der Waals surface area contributed by atoms with E-state index in [1.165, 1.54) is 0 Å². The summed E-state index contributed by atoms with van der Waals surface area (Å²) in [5, 5.41) is 3.00. The van der Waals surface area contributed by atoms with E-state index in [0.717, 1.165) is 0 Å². The van der Waals surface area contributed by atoms with Crippen molar-refractivity contribution < 1.29 is 28.2 Å². The van der Waals surface area contributed by atoms with Crippen molar-refractivity contribution in [1.29, 1.82) is 0 Å². The second kappa shape index (κ2) is 9.29. The van der Waals surface area contributed by atoms with Gasteiger partial charge in [-0.25, -0.2) is 0 Å². The number of ether oxygens (including phenoxy) is 3. The summed E-state index contributed by atoms with van der Waals surface area (Å²) in [7, 11) is 0. The highest BCUT2D eigenvalue weighted by Gasteiger charge is 2.16. The number of amides is 1. The van der Waals surface area contributed by atoms with Crippen molar-refractivity contribution in [3.05, 3.63) is 47.5 Å². The van der Waals surface area contributed by atoms with Crippen molar-refractivity contribution in [2.45, 2.75) is 20.0 Å². The zero-order valence-corrected chi connectivity index (χ0v) is 16.6. The van der Waals surface area contributed by atoms with Gasteiger partial charge in [0.1, 0.15) is 23.6 Å². The molecule has 3 rings (SSSR count). The maximum Gasteiger partial charge on any atom is 0.400 e. The van der Waals surface area contributed by atoms with Crippen LogP contribution in [0.5, 0.6) is 17.6 Å². The molecule has 1 aromatic heterocycles. The van der Waals surface area contributed by atoms with Gasteiger partial charge in [-0.3, -0.25) is 9.59 Å². The summed E-state index contributed by atoms with van der Waals surface area (Å²) in [4.78, 5) is 27.5. The average Bonchev–Trinajstić information content (AvgIpc) is 3.09. The Labute approximate surface area is 171 Å². The van der Waals surface area contributed by atoms with Crippen LogP contribution in [0.1, 0.15) is 13.8 Å². The SMILES string of the molecule is CCOC(=O)CNC(=O)C(C)Oc1ccc(Oc2nc3ccc(Cl)cc3o2)cc1. The van der Waals surface area contributed by atoms with Gasteiger partial charge in [-0.2, -0.15) is 4.98 Å². The fraction of sp³-hybridized carbons (Fsp3) is 0.250. The van der Waals surface area contributed by atoms with Gasteiger partial charge in [0.2, 0.25) is 0 Å². The molecule has 0 saturated heterocycles. The van der Waals surface area contributed by atoms with Crippen LogP contribution in [-0.2, 0) is 14.3 Å². The first-order valence-corrected chi connectivity index (χ1v) is 9.26. The Morgan fingerprint density at radius 2 is 1.90 bits per heavy atom. The van der Waals surface area contributed by atoms with Gasteiger partial charge in [-0.1, -0.05) is 11.6 Å². The monoisotopic (exact) mass is 418 g/mol. The molecule has 0 aliphatic rings. The fourth-order valence-electron chi connectivity index (χ4n) is 2.38. The Bertz CT molecular complexity index is 1000. The van der Waals surface area contributed by atoms with Gasteiger partial charge in [-0.15, -0.1) is 0 Å². The molecule has 0 aliphatic heterocycles. The van der Waals surface area contributed by atoms with E-state index >= 15 is 0 Å². The predicted molar refractivity (Wildman–Crippen MR) is 105 cm³/mol. The van der Waals surface area contributed by atoms with Gasteiger partial charge in [-0.05, 0) is 50.2 Å². The number of hydrogen-bond acceptors (Lipinski definition) is 7. The predicted octanol–water partition coefficient (Wildman–Crippen LogP) is 3.72. The first-order valence-electron chi connectivity index (χ1n) is 8.88. The number of benzene rings is 2. The van der Waals surface area contributed by atoms with Crippen molar-refractivity contribution in [2.75, 3.05) is 13.2 Å². The van der Waals surface area contributed by atoms with Gasteiger partial charge in [0, 0.05) is 11.1 Å². The molecule has 0 fully saturated rings. The molecule has 9 heteroatoms. The van der Waals surface area contributed by atoms with Crippen LogP contribution in [-0.4, -0.2) is 36.1 Å². The lowest BCUT2D eigenvalue weighted by atomic mass is 10.3. The number of halogens is 1. The first-order chi connectivity index (χ1) is 13.9. The summed E-state index contributed by atoms with van der Waals surface area (Å²) in [5.41, 5.74) is 1.15. The topological polar surface area (TPSA) is 99.9 Å². The molecule has 1 atom stereocenters. The molecule has 0 aliphatic carbocycles. The molecule has 2 aromatic carbocycles. The van der Waals surface area contributed by atoms with Crippen LogP contribution in [0.3, 0.4) is 0 Å². The number of nitrogens with zero attached hydrogens (tertiary/aromatic N) is 1. The molecule has 1 N–H and O–H groups in total. The smallest absolute Gasteiger partial charge is 0.400 e. The molecule has 1 unspecified atom stereocenters. The molecule has 0 spiro atoms. The van der Waals surface area contributed by atoms with Gasteiger partial charge in [0.15, 0.2) is 11.7 Å². The van der Waals surface area contributed by atoms with E-state index in [9.17, 15) is 9.59 Å². The van der Waals surface area contributed by atoms with Crippen molar-refractivity contribution >= 4 is 34.6 Å². The lowest BCUT2D eigenvalue weighted by molar-refractivity contribution is -0.144. The summed E-state index contributed by atoms with van der Waals surface area (Å²) < 4.78 is 21.4. The van der Waals surface area contributed by atoms with Crippen LogP contribution in [0.2, 0.25) is 5.02 Å². The maximum atomic E-state index is 12.0. The summed E-state index contributed by atoms with van der Waals surface area (Å²) in [5.74, 6) is 0.00874. The van der Waals surface area contributed by atoms with Crippen LogP contribution in [0.4, 0.5) is 0 Å². The fourth-order valence-corrected chi connectivity index (χ4v) is 2.54. The molecule has 1 amide bonds. The zero-order chi connectivity index (χ0) is 20.8. The summed E-state index contributed by atoms with van der Waals surface area (Å²) >= 11 is 5.92. The minimum atomic E-state index is -0.794. The van der Waals surface area contributed by atoms with Crippen LogP contribution >= 0.6 is 11.6 Å². The summed E-state index contributed by atoms with van der Waals surface area (Å²) in [6.07, 6.45) is -0.708. The molecular weight excluding hydrogens is 400 g/mol. The Morgan fingerprint density at radius 1 is 1.17 bits per heavy atom. The van der Waals surface area contributed by atoms with E-state index in [1.54, 1.807) is 56.3 Å². The van der Waals surface area contributed by atoms with Crippen molar-refractivity contribution in [1.82, 2.24) is 10.3 Å². The number of carbonyl (C=O) groups is 2. The molecule has 8 nitrogen and oxygen atoms in total. The third kappa shape index (κ3) is 5.61. The van der Waals surface area contributed by atoms with E-state index < -0.39 is 18.0 Å². The van der Waals surface area contributed by atoms with E-state index in [-0.39, 0.29) is 19.2 Å². The minimum Gasteiger partial charge on any atom is -0.481 e. The Kier molecular flexibility index (Phi) is 6.56. The standard InChI is InChI=1S/C20H19ClN2O6/c1-3-26-18(24)11-22-19(25)12(2)27-14-5-7-15(8-6-14)28-20-23-16-9-4-13(21)10-17(16)29-20/h4-10,12H,3,11H2,1-2H3,(H,22,25). The number of fused-ring (bicyclic) bond motifs is 1. The number of esters is 1. The quantitative estimate of drug-likeness (QED) is 0.556. The highest BCUT2D eigenvalue weighted by Crippen LogP contribution is 2.28. The number of nitrogens with one attached hydrogen (secondary N) is 1. The van der Waals surface area contributed by atoms with Crippen LogP contribution in [0.25, 0.3) is 11.1 Å². The molecule has 0 bridgehead atoms. The van der Waals surface area contributed by atoms with Gasteiger partial charge in [0.25, 0.3) is 5.91 Å². The van der Waals surface area contributed by atoms with Gasteiger partial charge in [0.05, 0.1) is 6.61 Å². The molecule has 0 radical (unpaired) electrons. The van der Waals surface area contributed by atoms with Gasteiger partial charge >= 0.3 is 12.0 Å². The maximum absolute atomic E-state index is 12.0. The molecule has 1 heterocycles. The summed E-state index contributed by atoms with van der Waals surface area (Å²) in [6, 6.07) is 11.7. The van der Waals surface area contributed by atoms with E-state index in [1.807, 2.05) is 0 Å². The first kappa shape index (κ1) is 20.5. The third-order valence-corrected chi connectivity index (χ3v) is 3.99. The molecule has 3 aromatic rings. The largest absolute Gasteiger partial charge is 0.481 e. The number of hydrogen-bond donors (Lipinski definition) is 1. The van der Waals surface area contributed by atoms with Crippen LogP contribution in [0, 0.1) is 0 Å². The Hall–Kier alpha value is -3.26. The third-order valence-electron chi connectivity index (χ3n) is 3.75. The van der Waals surface area contributed by atoms with Crippen molar-refractivity contribution in [2.24, 2.45) is 0 Å². The van der Waals surface area contributed by atoms with E-state index in [0.29, 0.717) is 27.6 Å². The number of rotatable bonds is 8. The van der Waals surface area contributed by atoms with Crippen LogP contribution in [0.15, 0.2) is 46.9 Å². The normalized spacial score (nSPS) is 11.7. The second-order valence-electron chi connectivity index (χ2n) is 5.95. The number of aromatic nitrogens is 1. The molecule has 152 valence electrons. The zero-order valence-electron chi connectivity index (χ0n) is 15.8. The number of oxazole rings is 1.